The molecular formula is C11H8F6O. The molecule has 0 saturated carbocycles. The Morgan fingerprint density at radius 1 is 1.00 bits per heavy atom. The van der Waals surface area contributed by atoms with E-state index in [1.54, 1.807) is 0 Å². The Kier molecular flexibility index (Phi) is 2.35. The van der Waals surface area contributed by atoms with Gasteiger partial charge in [0.2, 0.25) is 0 Å². The highest BCUT2D eigenvalue weighted by molar-refractivity contribution is 5.48. The van der Waals surface area contributed by atoms with Gasteiger partial charge in [-0.1, -0.05) is 24.3 Å². The van der Waals surface area contributed by atoms with Crippen molar-refractivity contribution in [1.82, 2.24) is 0 Å². The van der Waals surface area contributed by atoms with Crippen LogP contribution in [0.15, 0.2) is 24.3 Å². The largest absolute Gasteiger partial charge is 0.433 e. The molecule has 0 fully saturated rings. The van der Waals surface area contributed by atoms with Gasteiger partial charge in [0.05, 0.1) is 0 Å². The van der Waals surface area contributed by atoms with E-state index < -0.39 is 34.5 Å². The number of fused-ring (bicyclic) bond motifs is 1. The summed E-state index contributed by atoms with van der Waals surface area (Å²) in [6.07, 6.45) is -5.83. The van der Waals surface area contributed by atoms with Gasteiger partial charge in [0.25, 0.3) is 5.67 Å². The van der Waals surface area contributed by atoms with Gasteiger partial charge in [-0.05, 0) is 12.5 Å². The minimum absolute atomic E-state index is 0.471. The van der Waals surface area contributed by atoms with Gasteiger partial charge >= 0.3 is 12.1 Å². The molecule has 1 aromatic rings. The predicted octanol–water partition coefficient (Wildman–Crippen LogP) is 3.27. The van der Waals surface area contributed by atoms with Gasteiger partial charge in [0.1, 0.15) is 0 Å². The number of rotatable bonds is 0. The van der Waals surface area contributed by atoms with E-state index in [1.807, 2.05) is 0 Å². The van der Waals surface area contributed by atoms with E-state index in [4.69, 9.17) is 0 Å². The number of hydrogen-bond acceptors (Lipinski definition) is 1. The lowest BCUT2D eigenvalue weighted by Crippen LogP contribution is -2.56. The normalized spacial score (nSPS) is 34.4. The summed E-state index contributed by atoms with van der Waals surface area (Å²) < 4.78 is 79.6. The molecule has 1 aliphatic carbocycles. The third-order valence-corrected chi connectivity index (χ3v) is 3.26. The molecule has 2 atom stereocenters. The van der Waals surface area contributed by atoms with Crippen LogP contribution in [0.1, 0.15) is 18.1 Å². The topological polar surface area (TPSA) is 20.2 Å². The zero-order chi connectivity index (χ0) is 14.0. The quantitative estimate of drug-likeness (QED) is 0.717. The Morgan fingerprint density at radius 2 is 1.44 bits per heavy atom. The van der Waals surface area contributed by atoms with Crippen LogP contribution in [0.4, 0.5) is 26.3 Å². The maximum absolute atomic E-state index is 14.1. The fraction of sp³-hybridized carbons (Fsp3) is 0.455. The molecule has 2 unspecified atom stereocenters. The average molecular weight is 270 g/mol. The van der Waals surface area contributed by atoms with Gasteiger partial charge in [-0.25, -0.2) is 4.39 Å². The fourth-order valence-corrected chi connectivity index (χ4v) is 2.21. The molecule has 1 aromatic carbocycles. The summed E-state index contributed by atoms with van der Waals surface area (Å²) in [5, 5.41) is 9.58. The number of benzene rings is 1. The van der Waals surface area contributed by atoms with Crippen molar-refractivity contribution in [3.8, 4) is 0 Å². The lowest BCUT2D eigenvalue weighted by Gasteiger charge is -2.34. The Labute approximate surface area is 98.0 Å². The Bertz CT molecular complexity index is 493. The van der Waals surface area contributed by atoms with Crippen LogP contribution in [0.5, 0.6) is 0 Å². The van der Waals surface area contributed by atoms with Crippen molar-refractivity contribution in [2.24, 2.45) is 0 Å². The van der Waals surface area contributed by atoms with Crippen molar-refractivity contribution in [1.29, 1.82) is 0 Å². The third kappa shape index (κ3) is 1.18. The van der Waals surface area contributed by atoms with E-state index in [2.05, 4.69) is 0 Å². The first-order chi connectivity index (χ1) is 7.98. The van der Waals surface area contributed by atoms with E-state index >= 15 is 0 Å². The second-order valence-electron chi connectivity index (χ2n) is 4.35. The molecule has 1 N–H and O–H groups in total. The van der Waals surface area contributed by atoms with Crippen LogP contribution in [-0.2, 0) is 11.3 Å². The van der Waals surface area contributed by atoms with Crippen LogP contribution >= 0.6 is 0 Å². The van der Waals surface area contributed by atoms with Crippen LogP contribution in [0.3, 0.4) is 0 Å². The van der Waals surface area contributed by atoms with Crippen LogP contribution in [0.25, 0.3) is 0 Å². The van der Waals surface area contributed by atoms with Gasteiger partial charge in [0.15, 0.2) is 5.60 Å². The molecule has 0 saturated heterocycles. The third-order valence-electron chi connectivity index (χ3n) is 3.26. The summed E-state index contributed by atoms with van der Waals surface area (Å²) in [5.74, 6) is -5.00. The first-order valence-electron chi connectivity index (χ1n) is 4.93. The average Bonchev–Trinajstić information content (AvgIpc) is 2.36. The summed E-state index contributed by atoms with van der Waals surface area (Å²) in [7, 11) is 0. The molecule has 2 rings (SSSR count). The van der Waals surface area contributed by atoms with Gasteiger partial charge in [-0.15, -0.1) is 0 Å². The predicted molar refractivity (Wildman–Crippen MR) is 49.8 cm³/mol. The first kappa shape index (κ1) is 13.2. The first-order valence-corrected chi connectivity index (χ1v) is 4.93. The number of halogens is 6. The standard InChI is InChI=1S/C11H8F6O/c1-8(18)6-4-2-3-5-7(6)9(12,10(8,13)14)11(15,16)17/h2-5,18H,1H3. The number of hydrogen-bond donors (Lipinski definition) is 1. The lowest BCUT2D eigenvalue weighted by molar-refractivity contribution is -0.337. The monoisotopic (exact) mass is 270 g/mol. The summed E-state index contributed by atoms with van der Waals surface area (Å²) in [6, 6.07) is 3.64. The van der Waals surface area contributed by atoms with Crippen LogP contribution < -0.4 is 0 Å². The SMILES string of the molecule is CC1(O)c2ccccc2C(F)(C(F)(F)F)C1(F)F. The molecule has 18 heavy (non-hydrogen) atoms. The molecule has 0 amide bonds. The molecule has 0 aliphatic heterocycles. The van der Waals surface area contributed by atoms with Crippen LogP contribution in [0, 0.1) is 0 Å². The molecular weight excluding hydrogens is 262 g/mol. The van der Waals surface area contributed by atoms with Crippen molar-refractivity contribution in [2.45, 2.75) is 30.3 Å². The fourth-order valence-electron chi connectivity index (χ4n) is 2.21. The van der Waals surface area contributed by atoms with Crippen molar-refractivity contribution in [2.75, 3.05) is 0 Å². The highest BCUT2D eigenvalue weighted by Crippen LogP contribution is 2.64. The van der Waals surface area contributed by atoms with Crippen molar-refractivity contribution in [3.05, 3.63) is 35.4 Å². The van der Waals surface area contributed by atoms with Crippen molar-refractivity contribution < 1.29 is 31.4 Å². The lowest BCUT2D eigenvalue weighted by atomic mass is 9.91. The minimum atomic E-state index is -5.83. The molecule has 0 aromatic heterocycles. The van der Waals surface area contributed by atoms with E-state index in [-0.39, 0.29) is 0 Å². The second kappa shape index (κ2) is 3.20. The molecule has 0 radical (unpaired) electrons. The highest BCUT2D eigenvalue weighted by Gasteiger charge is 2.82. The molecule has 100 valence electrons. The van der Waals surface area contributed by atoms with Crippen LogP contribution in [-0.4, -0.2) is 17.2 Å². The Balaban J connectivity index is 2.84. The smallest absolute Gasteiger partial charge is 0.379 e. The van der Waals surface area contributed by atoms with E-state index in [0.29, 0.717) is 13.0 Å². The van der Waals surface area contributed by atoms with E-state index in [9.17, 15) is 31.4 Å². The second-order valence-corrected chi connectivity index (χ2v) is 4.35. The minimum Gasteiger partial charge on any atom is -0.379 e. The number of alkyl halides is 6. The summed E-state index contributed by atoms with van der Waals surface area (Å²) in [5.41, 5.74) is -10.1. The number of aliphatic hydroxyl groups is 1. The molecule has 0 bridgehead atoms. The Morgan fingerprint density at radius 3 is 1.89 bits per heavy atom. The molecule has 7 heteroatoms. The van der Waals surface area contributed by atoms with Crippen LogP contribution in [0.2, 0.25) is 0 Å². The molecule has 0 spiro atoms. The zero-order valence-corrected chi connectivity index (χ0v) is 9.02. The molecule has 0 heterocycles. The summed E-state index contributed by atoms with van der Waals surface area (Å²) in [6.45, 7) is 0.471. The Hall–Kier alpha value is -1.24. The summed E-state index contributed by atoms with van der Waals surface area (Å²) in [4.78, 5) is 0. The van der Waals surface area contributed by atoms with E-state index in [1.165, 1.54) is 0 Å². The van der Waals surface area contributed by atoms with Crippen molar-refractivity contribution >= 4 is 0 Å². The highest BCUT2D eigenvalue weighted by atomic mass is 19.4. The van der Waals surface area contributed by atoms with Crippen molar-refractivity contribution in [3.63, 3.8) is 0 Å². The van der Waals surface area contributed by atoms with Gasteiger partial charge in [-0.3, -0.25) is 0 Å². The van der Waals surface area contributed by atoms with Gasteiger partial charge < -0.3 is 5.11 Å². The van der Waals surface area contributed by atoms with E-state index in [0.717, 1.165) is 18.2 Å². The van der Waals surface area contributed by atoms with Gasteiger partial charge in [0, 0.05) is 5.56 Å². The van der Waals surface area contributed by atoms with Gasteiger partial charge in [-0.2, -0.15) is 22.0 Å². The summed E-state index contributed by atoms with van der Waals surface area (Å²) >= 11 is 0. The maximum atomic E-state index is 14.1. The zero-order valence-electron chi connectivity index (χ0n) is 9.02. The maximum Gasteiger partial charge on any atom is 0.433 e. The molecule has 1 nitrogen and oxygen atoms in total. The molecule has 1 aliphatic rings.